The first-order valence-electron chi connectivity index (χ1n) is 35.5. The first kappa shape index (κ1) is 90.6. The fourth-order valence-corrected chi connectivity index (χ4v) is 12.9. The fraction of sp³-hybridized carbons (Fsp3) is 0.575. The van der Waals surface area contributed by atoms with Gasteiger partial charge in [-0.25, -0.2) is 18.9 Å². The van der Waals surface area contributed by atoms with Crippen molar-refractivity contribution in [3.05, 3.63) is 90.2 Å². The Morgan fingerprint density at radius 2 is 1.37 bits per heavy atom. The molecule has 0 bridgehead atoms. The molecule has 1 fully saturated rings. The maximum absolute atomic E-state index is 15.5. The molecule has 0 saturated carbocycles. The molecule has 2 heterocycles. The summed E-state index contributed by atoms with van der Waals surface area (Å²) >= 11 is 0. The van der Waals surface area contributed by atoms with Crippen LogP contribution in [-0.2, 0) is 113 Å². The fourth-order valence-electron chi connectivity index (χ4n) is 11.8. The third-order valence-electron chi connectivity index (χ3n) is 18.4. The molecule has 12 amide bonds. The highest BCUT2D eigenvalue weighted by molar-refractivity contribution is 7.47. The number of methoxy groups -OCH3 is 1. The number of Topliss-reactive ketones (excluding diaryl/α,β-unsaturated/α-hetero) is 1. The molecule has 1 unspecified atom stereocenters. The van der Waals surface area contributed by atoms with Crippen molar-refractivity contribution in [2.24, 2.45) is 35.3 Å². The topological polar surface area (TPSA) is 460 Å². The second-order valence-corrected chi connectivity index (χ2v) is 29.3. The number of anilines is 1. The minimum absolute atomic E-state index is 0.0900. The summed E-state index contributed by atoms with van der Waals surface area (Å²) in [6.45, 7) is 20.3. The number of nitrogens with zero attached hydrogens (tertiary/aromatic N) is 4. The van der Waals surface area contributed by atoms with E-state index in [1.54, 1.807) is 30.3 Å². The van der Waals surface area contributed by atoms with Gasteiger partial charge in [-0.15, -0.1) is 0 Å². The van der Waals surface area contributed by atoms with Crippen molar-refractivity contribution in [2.45, 2.75) is 201 Å². The minimum atomic E-state index is -5.25. The average Bonchev–Trinajstić information content (AvgIpc) is 0.886. The van der Waals surface area contributed by atoms with Gasteiger partial charge in [0.1, 0.15) is 41.8 Å². The van der Waals surface area contributed by atoms with Crippen molar-refractivity contribution in [3.63, 3.8) is 0 Å². The van der Waals surface area contributed by atoms with Gasteiger partial charge in [-0.05, 0) is 101 Å². The molecule has 0 radical (unpaired) electrons. The van der Waals surface area contributed by atoms with E-state index in [1.165, 1.54) is 93.8 Å². The summed E-state index contributed by atoms with van der Waals surface area (Å²) in [5.41, 5.74) is 5.82. The van der Waals surface area contributed by atoms with Crippen molar-refractivity contribution in [1.82, 2.24) is 46.2 Å². The Morgan fingerprint density at radius 3 is 1.93 bits per heavy atom. The highest BCUT2D eigenvalue weighted by atomic mass is 31.2. The van der Waals surface area contributed by atoms with Gasteiger partial charge in [0.05, 0.1) is 24.7 Å². The van der Waals surface area contributed by atoms with Crippen molar-refractivity contribution in [2.75, 3.05) is 46.7 Å². The summed E-state index contributed by atoms with van der Waals surface area (Å²) in [6.07, 6.45) is -5.70. The first-order valence-corrected chi connectivity index (χ1v) is 37.0. The van der Waals surface area contributed by atoms with Gasteiger partial charge in [0.25, 0.3) is 23.6 Å². The maximum Gasteiger partial charge on any atom is 0.472 e. The van der Waals surface area contributed by atoms with Crippen LogP contribution in [0.5, 0.6) is 0 Å². The lowest BCUT2D eigenvalue weighted by Crippen LogP contribution is -2.63. The van der Waals surface area contributed by atoms with Crippen LogP contribution < -0.4 is 37.6 Å². The Balaban J connectivity index is 1.67. The molecule has 9 N–H and O–H groups in total. The monoisotopic (exact) mass is 1540 g/mol. The number of rotatable bonds is 32. The number of cyclic esters (lactones) is 2. The van der Waals surface area contributed by atoms with Crippen LogP contribution >= 0.6 is 7.82 Å². The number of carbonyl (C=O) groups is 15. The van der Waals surface area contributed by atoms with Crippen LogP contribution in [0.1, 0.15) is 133 Å². The van der Waals surface area contributed by atoms with E-state index < -0.39 is 206 Å². The van der Waals surface area contributed by atoms with E-state index in [0.717, 1.165) is 59.7 Å². The molecule has 0 aromatic heterocycles. The molecule has 4 rings (SSSR count). The van der Waals surface area contributed by atoms with Crippen LogP contribution in [0.25, 0.3) is 0 Å². The van der Waals surface area contributed by atoms with Gasteiger partial charge in [-0.2, -0.15) is 0 Å². The number of esters is 3. The summed E-state index contributed by atoms with van der Waals surface area (Å²) in [5.74, 6) is -16.6. The highest BCUT2D eigenvalue weighted by Crippen LogP contribution is 2.48. The summed E-state index contributed by atoms with van der Waals surface area (Å²) < 4.78 is 48.7. The Kier molecular flexibility index (Phi) is 35.3. The number of phosphoric acid groups is 1. The number of nitrogens with two attached hydrogens (primary N) is 1. The highest BCUT2D eigenvalue weighted by Gasteiger charge is 2.47. The number of hydrogen-bond donors (Lipinski definition) is 8. The normalized spacial score (nSPS) is 22.0. The number of ether oxygens (including phenoxy) is 4. The molecule has 596 valence electrons. The van der Waals surface area contributed by atoms with Crippen molar-refractivity contribution >= 4 is 102 Å². The van der Waals surface area contributed by atoms with Crippen LogP contribution in [0.3, 0.4) is 0 Å². The number of carbonyl (C=O) groups excluding carboxylic acids is 15. The maximum atomic E-state index is 15.5. The summed E-state index contributed by atoms with van der Waals surface area (Å²) in [4.78, 5) is 220. The third kappa shape index (κ3) is 27.2. The molecule has 0 aliphatic carbocycles. The Morgan fingerprint density at radius 1 is 0.750 bits per heavy atom. The number of imide groups is 1. The number of benzene rings is 2. The second kappa shape index (κ2) is 42.1. The number of ketones is 1. The summed E-state index contributed by atoms with van der Waals surface area (Å²) in [5, 5.41) is 15.7. The van der Waals surface area contributed by atoms with Crippen LogP contribution in [-0.4, -0.2) is 221 Å². The number of phosphoric ester groups is 1. The molecule has 2 aliphatic heterocycles. The molecular weight excluding hydrogens is 1430 g/mol. The van der Waals surface area contributed by atoms with E-state index >= 15 is 9.59 Å². The predicted octanol–water partition coefficient (Wildman–Crippen LogP) is 3.02. The van der Waals surface area contributed by atoms with Crippen LogP contribution in [0.15, 0.2) is 79.0 Å². The molecule has 34 nitrogen and oxygen atoms in total. The molecule has 1 saturated heterocycles. The molecule has 2 aromatic rings. The number of urea groups is 1. The minimum Gasteiger partial charge on any atom is -0.459 e. The van der Waals surface area contributed by atoms with Gasteiger partial charge < -0.3 is 81.0 Å². The largest absolute Gasteiger partial charge is 0.472 e. The first-order chi connectivity index (χ1) is 50.5. The van der Waals surface area contributed by atoms with E-state index in [4.69, 9.17) is 33.7 Å². The lowest BCUT2D eigenvalue weighted by atomic mass is 9.89. The van der Waals surface area contributed by atoms with Crippen molar-refractivity contribution in [3.8, 4) is 0 Å². The van der Waals surface area contributed by atoms with Crippen LogP contribution in [0.4, 0.5) is 10.5 Å². The molecule has 2 aliphatic rings. The van der Waals surface area contributed by atoms with Crippen molar-refractivity contribution < 1.29 is 109 Å². The smallest absolute Gasteiger partial charge is 0.459 e. The molecule has 14 atom stereocenters. The zero-order valence-electron chi connectivity index (χ0n) is 64.1. The van der Waals surface area contributed by atoms with Gasteiger partial charge in [0.15, 0.2) is 18.2 Å². The van der Waals surface area contributed by atoms with Gasteiger partial charge in [-0.3, -0.25) is 66.7 Å². The standard InChI is InChI=1S/C73H106N11O23P/c1-39(2)54(79-56(87)33-35-84-57(88)31-32-58(84)89)30-27-51(24-21-34-75-73(74)99)66(92)78-52-28-25-50(26-29-52)38-103-108(100,101)107-62(40(3)4)53(36-42(7)85)70(96)106-63(41(5)6)60-69(95)83(16)61(47(12)102-17)72(98)104-46(11)59(77-48(13)86)71(97)105-55(37-49-22-19-18-20-23-49)68(94)82(15)44(9)64(90)76-43(8)67(93)81(14)45(10)65(91)80-60/h18-20,22-23,25-26,28-29,31-32,39-41,43,45-47,51,53-55,59-63H,9,21,24,27,30,33-38H2,1-8,10-17H3,(H,76,90)(H,77,86)(H,78,92)(H,79,87)(H,80,91)(H,100,101)(H3,74,75,99)/t43-,45-,46+,47+,51+,53-,54+,55+,59-,60-,61-,62+,63+/m0/s1. The van der Waals surface area contributed by atoms with Gasteiger partial charge in [0, 0.05) is 97.3 Å². The Bertz CT molecular complexity index is 3650. The van der Waals surface area contributed by atoms with Gasteiger partial charge in [-0.1, -0.05) is 90.6 Å². The second-order valence-electron chi connectivity index (χ2n) is 27.9. The van der Waals surface area contributed by atoms with Crippen LogP contribution in [0.2, 0.25) is 0 Å². The predicted molar refractivity (Wildman–Crippen MR) is 390 cm³/mol. The summed E-state index contributed by atoms with van der Waals surface area (Å²) in [7, 11) is -0.577. The molecular formula is C73H106N11O23P. The third-order valence-corrected chi connectivity index (χ3v) is 19.4. The SMILES string of the molecule is C=C1C(=O)N[C@@H](C)C(=O)N(C)[C@@H](C)C(=O)N[C@@H]([C@H](OC(=O)[C@@H](CC(C)=O)[C@H](OP(=O)(O)OCc2ccc(NC(=O)[C@H](CCCNC(N)=O)CC[C@@H](NC(=O)CCN3C(=O)C=CC3=O)C(C)C)cc2)C(C)C)C(C)C)C(=O)N(C)[C@@H]([C@@H](C)OC)C(=O)O[C@H](C)[C@H](NC(C)=O)C(=O)O[C@H](Cc2ccccc2)C(=O)N1C. The number of amides is 12. The number of hydrogen-bond acceptors (Lipinski definition) is 22. The van der Waals surface area contributed by atoms with Gasteiger partial charge >= 0.3 is 31.8 Å². The zero-order chi connectivity index (χ0) is 81.4. The van der Waals surface area contributed by atoms with E-state index in [0.29, 0.717) is 36.1 Å². The molecule has 0 spiro atoms. The summed E-state index contributed by atoms with van der Waals surface area (Å²) in [6, 6.07) is 4.39. The number of primary amides is 1. The van der Waals surface area contributed by atoms with Gasteiger partial charge in [0.2, 0.25) is 35.4 Å². The van der Waals surface area contributed by atoms with E-state index in [2.05, 4.69) is 38.5 Å². The molecule has 35 heteroatoms. The number of nitrogens with one attached hydrogen (secondary N) is 6. The molecule has 2 aromatic carbocycles. The Hall–Kier alpha value is -9.76. The van der Waals surface area contributed by atoms with E-state index in [9.17, 15) is 71.8 Å². The van der Waals surface area contributed by atoms with E-state index in [1.807, 2.05) is 13.8 Å². The zero-order valence-corrected chi connectivity index (χ0v) is 65.0. The van der Waals surface area contributed by atoms with Crippen molar-refractivity contribution in [1.29, 1.82) is 0 Å². The lowest BCUT2D eigenvalue weighted by Gasteiger charge is -2.38. The Labute approximate surface area is 628 Å². The average molecular weight is 1540 g/mol. The van der Waals surface area contributed by atoms with Crippen LogP contribution in [0, 0.1) is 29.6 Å². The lowest BCUT2D eigenvalue weighted by molar-refractivity contribution is -0.174. The number of likely N-dealkylation sites (N-methyl/N-ethyl adjacent to an activating group) is 3. The van der Waals surface area contributed by atoms with E-state index in [-0.39, 0.29) is 38.3 Å². The quantitative estimate of drug-likeness (QED) is 0.0130. The molecule has 108 heavy (non-hydrogen) atoms.